The average Bonchev–Trinajstić information content (AvgIpc) is 2.33. The second kappa shape index (κ2) is 4.67. The van der Waals surface area contributed by atoms with Gasteiger partial charge in [-0.15, -0.1) is 0 Å². The Bertz CT molecular complexity index is 486. The third kappa shape index (κ3) is 2.31. The second-order valence-corrected chi connectivity index (χ2v) is 3.64. The molecule has 0 aromatic heterocycles. The van der Waals surface area contributed by atoms with Crippen molar-refractivity contribution in [3.05, 3.63) is 66.2 Å². The number of hydrogen-bond donors (Lipinski definition) is 0. The average molecular weight is 210 g/mol. The molecule has 0 atom stereocenters. The largest absolute Gasteiger partial charge is 0.457 e. The summed E-state index contributed by atoms with van der Waals surface area (Å²) in [5.74, 6) is 1.69. The van der Waals surface area contributed by atoms with Crippen molar-refractivity contribution in [3.63, 3.8) is 0 Å². The van der Waals surface area contributed by atoms with Crippen molar-refractivity contribution in [2.45, 2.75) is 6.92 Å². The van der Waals surface area contributed by atoms with Crippen LogP contribution >= 0.6 is 0 Å². The third-order valence-electron chi connectivity index (χ3n) is 2.45. The van der Waals surface area contributed by atoms with Gasteiger partial charge < -0.3 is 4.74 Å². The van der Waals surface area contributed by atoms with Crippen molar-refractivity contribution in [1.82, 2.24) is 0 Å². The van der Waals surface area contributed by atoms with Crippen molar-refractivity contribution in [3.8, 4) is 11.5 Å². The van der Waals surface area contributed by atoms with E-state index in [2.05, 4.69) is 13.5 Å². The fourth-order valence-corrected chi connectivity index (χ4v) is 1.53. The van der Waals surface area contributed by atoms with E-state index in [1.165, 1.54) is 5.56 Å². The topological polar surface area (TPSA) is 9.23 Å². The number of rotatable bonds is 3. The fourth-order valence-electron chi connectivity index (χ4n) is 1.53. The lowest BCUT2D eigenvalue weighted by molar-refractivity contribution is 0.482. The van der Waals surface area contributed by atoms with E-state index in [1.807, 2.05) is 54.6 Å². The van der Waals surface area contributed by atoms with E-state index in [9.17, 15) is 0 Å². The zero-order chi connectivity index (χ0) is 11.4. The van der Waals surface area contributed by atoms with Crippen molar-refractivity contribution in [1.29, 1.82) is 0 Å². The monoisotopic (exact) mass is 210 g/mol. The molecule has 1 heteroatoms. The zero-order valence-electron chi connectivity index (χ0n) is 9.31. The van der Waals surface area contributed by atoms with E-state index in [4.69, 9.17) is 4.74 Å². The van der Waals surface area contributed by atoms with Crippen molar-refractivity contribution < 1.29 is 4.74 Å². The van der Waals surface area contributed by atoms with Gasteiger partial charge in [-0.1, -0.05) is 36.9 Å². The quantitative estimate of drug-likeness (QED) is 0.728. The maximum atomic E-state index is 5.73. The lowest BCUT2D eigenvalue weighted by Crippen LogP contribution is -1.86. The van der Waals surface area contributed by atoms with Gasteiger partial charge in [0.25, 0.3) is 0 Å². The van der Waals surface area contributed by atoms with Gasteiger partial charge in [-0.25, -0.2) is 0 Å². The summed E-state index contributed by atoms with van der Waals surface area (Å²) in [5, 5.41) is 0. The second-order valence-electron chi connectivity index (χ2n) is 3.64. The highest BCUT2D eigenvalue weighted by molar-refractivity contribution is 5.54. The molecule has 0 heterocycles. The molecular formula is C15H14O. The van der Waals surface area contributed by atoms with Gasteiger partial charge >= 0.3 is 0 Å². The fraction of sp³-hybridized carbons (Fsp3) is 0.0667. The number of aryl methyl sites for hydroxylation is 1. The first-order valence-corrected chi connectivity index (χ1v) is 5.25. The Kier molecular flexibility index (Phi) is 3.06. The van der Waals surface area contributed by atoms with Crippen LogP contribution in [0.2, 0.25) is 0 Å². The first-order valence-electron chi connectivity index (χ1n) is 5.25. The van der Waals surface area contributed by atoms with Crippen LogP contribution in [0.1, 0.15) is 11.1 Å². The molecule has 1 nitrogen and oxygen atoms in total. The SMILES string of the molecule is C=Cc1cc(Oc2ccccc2)ccc1C. The van der Waals surface area contributed by atoms with Crippen LogP contribution in [0.3, 0.4) is 0 Å². The summed E-state index contributed by atoms with van der Waals surface area (Å²) in [4.78, 5) is 0. The van der Waals surface area contributed by atoms with E-state index >= 15 is 0 Å². The molecule has 0 spiro atoms. The van der Waals surface area contributed by atoms with Gasteiger partial charge in [0.05, 0.1) is 0 Å². The molecule has 0 saturated carbocycles. The van der Waals surface area contributed by atoms with Crippen molar-refractivity contribution >= 4 is 6.08 Å². The van der Waals surface area contributed by atoms with E-state index in [1.54, 1.807) is 0 Å². The Hall–Kier alpha value is -2.02. The summed E-state index contributed by atoms with van der Waals surface area (Å²) in [6.45, 7) is 5.84. The Morgan fingerprint density at radius 1 is 1.00 bits per heavy atom. The molecular weight excluding hydrogens is 196 g/mol. The third-order valence-corrected chi connectivity index (χ3v) is 2.45. The lowest BCUT2D eigenvalue weighted by Gasteiger charge is -2.07. The highest BCUT2D eigenvalue weighted by atomic mass is 16.5. The van der Waals surface area contributed by atoms with Crippen LogP contribution in [-0.4, -0.2) is 0 Å². The molecule has 0 aliphatic rings. The van der Waals surface area contributed by atoms with E-state index in [-0.39, 0.29) is 0 Å². The summed E-state index contributed by atoms with van der Waals surface area (Å²) < 4.78 is 5.73. The summed E-state index contributed by atoms with van der Waals surface area (Å²) in [6, 6.07) is 15.8. The van der Waals surface area contributed by atoms with Crippen LogP contribution in [0.15, 0.2) is 55.1 Å². The van der Waals surface area contributed by atoms with Gasteiger partial charge in [0, 0.05) is 0 Å². The molecule has 0 radical (unpaired) electrons. The van der Waals surface area contributed by atoms with Crippen LogP contribution in [0, 0.1) is 6.92 Å². The Balaban J connectivity index is 2.26. The molecule has 16 heavy (non-hydrogen) atoms. The number of benzene rings is 2. The number of para-hydroxylation sites is 1. The maximum Gasteiger partial charge on any atom is 0.128 e. The van der Waals surface area contributed by atoms with Gasteiger partial charge in [-0.05, 0) is 42.3 Å². The summed E-state index contributed by atoms with van der Waals surface area (Å²) >= 11 is 0. The summed E-state index contributed by atoms with van der Waals surface area (Å²) in [6.07, 6.45) is 1.84. The molecule has 0 unspecified atom stereocenters. The molecule has 0 bridgehead atoms. The van der Waals surface area contributed by atoms with Crippen LogP contribution in [0.5, 0.6) is 11.5 Å². The molecule has 0 fully saturated rings. The van der Waals surface area contributed by atoms with Gasteiger partial charge in [0.2, 0.25) is 0 Å². The molecule has 2 aromatic rings. The molecule has 2 rings (SSSR count). The van der Waals surface area contributed by atoms with E-state index in [0.717, 1.165) is 17.1 Å². The zero-order valence-corrected chi connectivity index (χ0v) is 9.31. The molecule has 0 N–H and O–H groups in total. The van der Waals surface area contributed by atoms with Crippen molar-refractivity contribution in [2.75, 3.05) is 0 Å². The smallest absolute Gasteiger partial charge is 0.128 e. The lowest BCUT2D eigenvalue weighted by atomic mass is 10.1. The van der Waals surface area contributed by atoms with Crippen LogP contribution in [0.25, 0.3) is 6.08 Å². The molecule has 0 aliphatic heterocycles. The van der Waals surface area contributed by atoms with Gasteiger partial charge in [0.1, 0.15) is 11.5 Å². The van der Waals surface area contributed by atoms with E-state index < -0.39 is 0 Å². The van der Waals surface area contributed by atoms with E-state index in [0.29, 0.717) is 0 Å². The highest BCUT2D eigenvalue weighted by Crippen LogP contribution is 2.23. The minimum atomic E-state index is 0.840. The predicted molar refractivity (Wildman–Crippen MR) is 67.8 cm³/mol. The molecule has 80 valence electrons. The minimum Gasteiger partial charge on any atom is -0.457 e. The predicted octanol–water partition coefficient (Wildman–Crippen LogP) is 4.43. The molecule has 0 aliphatic carbocycles. The van der Waals surface area contributed by atoms with Gasteiger partial charge in [-0.2, -0.15) is 0 Å². The number of hydrogen-bond acceptors (Lipinski definition) is 1. The Morgan fingerprint density at radius 2 is 1.75 bits per heavy atom. The van der Waals surface area contributed by atoms with Gasteiger partial charge in [0.15, 0.2) is 0 Å². The summed E-state index contributed by atoms with van der Waals surface area (Å²) in [5.41, 5.74) is 2.31. The standard InChI is InChI=1S/C15H14O/c1-3-13-11-15(10-9-12(13)2)16-14-7-5-4-6-8-14/h3-11H,1H2,2H3. The van der Waals surface area contributed by atoms with Gasteiger partial charge in [-0.3, -0.25) is 0 Å². The Morgan fingerprint density at radius 3 is 2.44 bits per heavy atom. The number of ether oxygens (including phenoxy) is 1. The molecule has 2 aromatic carbocycles. The van der Waals surface area contributed by atoms with Crippen molar-refractivity contribution in [2.24, 2.45) is 0 Å². The first-order chi connectivity index (χ1) is 7.79. The minimum absolute atomic E-state index is 0.840. The normalized spacial score (nSPS) is 9.81. The van der Waals surface area contributed by atoms with Crippen LogP contribution in [-0.2, 0) is 0 Å². The molecule has 0 amide bonds. The maximum absolute atomic E-state index is 5.73. The highest BCUT2D eigenvalue weighted by Gasteiger charge is 1.99. The van der Waals surface area contributed by atoms with Crippen LogP contribution < -0.4 is 4.74 Å². The summed E-state index contributed by atoms with van der Waals surface area (Å²) in [7, 11) is 0. The Labute approximate surface area is 96.0 Å². The van der Waals surface area contributed by atoms with Crippen LogP contribution in [0.4, 0.5) is 0 Å². The first kappa shape index (κ1) is 10.5. The molecule has 0 saturated heterocycles.